The van der Waals surface area contributed by atoms with Gasteiger partial charge in [-0.25, -0.2) is 0 Å². The Balaban J connectivity index is 2.65. The van der Waals surface area contributed by atoms with Crippen LogP contribution in [-0.2, 0) is 9.07 Å². The van der Waals surface area contributed by atoms with E-state index in [2.05, 4.69) is 0 Å². The van der Waals surface area contributed by atoms with Crippen LogP contribution in [0.5, 0.6) is 0 Å². The van der Waals surface area contributed by atoms with E-state index in [-0.39, 0.29) is 0 Å². The third-order valence-electron chi connectivity index (χ3n) is 2.86. The minimum absolute atomic E-state index is 0.894. The van der Waals surface area contributed by atoms with Crippen LogP contribution in [0.25, 0.3) is 0 Å². The molecule has 1 nitrogen and oxygen atoms in total. The van der Waals surface area contributed by atoms with E-state index in [0.29, 0.717) is 0 Å². The molecule has 16 heavy (non-hydrogen) atoms. The van der Waals surface area contributed by atoms with Crippen molar-refractivity contribution in [3.63, 3.8) is 0 Å². The second-order valence-electron chi connectivity index (χ2n) is 4.45. The highest BCUT2D eigenvalue weighted by Gasteiger charge is 2.29. The molecule has 0 N–H and O–H groups in total. The lowest BCUT2D eigenvalue weighted by Crippen LogP contribution is -2.29. The number of rotatable bonds is 2. The topological polar surface area (TPSA) is 17.1 Å². The Bertz CT molecular complexity index is 492. The van der Waals surface area contributed by atoms with E-state index < -0.39 is 9.07 Å². The molecule has 0 aromatic heterocycles. The molecule has 2 heteroatoms. The summed E-state index contributed by atoms with van der Waals surface area (Å²) in [6.45, 7) is 0. The standard InChI is InChI=1S/C14H16OS/c1-16(2,15,13-9-5-3-6-10-13)14-11-7-4-8-12-14/h3-12H,1-2H3. The molecule has 84 valence electrons. The summed E-state index contributed by atoms with van der Waals surface area (Å²) in [5, 5.41) is 0. The van der Waals surface area contributed by atoms with Crippen molar-refractivity contribution in [1.29, 1.82) is 0 Å². The first kappa shape index (κ1) is 11.1. The van der Waals surface area contributed by atoms with Crippen LogP contribution >= 0.6 is 0 Å². The normalized spacial score (nSPS) is 14.0. The van der Waals surface area contributed by atoms with E-state index >= 15 is 0 Å². The van der Waals surface area contributed by atoms with E-state index in [1.54, 1.807) is 0 Å². The molecule has 0 atom stereocenters. The fraction of sp³-hybridized carbons (Fsp3) is 0.143. The summed E-state index contributed by atoms with van der Waals surface area (Å²) in [6, 6.07) is 19.3. The molecule has 0 radical (unpaired) electrons. The highest BCUT2D eigenvalue weighted by atomic mass is 32.3. The van der Waals surface area contributed by atoms with Gasteiger partial charge >= 0.3 is 0 Å². The van der Waals surface area contributed by atoms with E-state index in [9.17, 15) is 4.21 Å². The predicted octanol–water partition coefficient (Wildman–Crippen LogP) is 3.18. The maximum atomic E-state index is 13.2. The first-order valence-electron chi connectivity index (χ1n) is 5.21. The van der Waals surface area contributed by atoms with Crippen molar-refractivity contribution >= 4 is 9.07 Å². The van der Waals surface area contributed by atoms with E-state index in [1.165, 1.54) is 0 Å². The third-order valence-corrected chi connectivity index (χ3v) is 6.14. The largest absolute Gasteiger partial charge is 0.274 e. The van der Waals surface area contributed by atoms with Crippen molar-refractivity contribution < 1.29 is 4.21 Å². The van der Waals surface area contributed by atoms with Crippen LogP contribution in [0.3, 0.4) is 0 Å². The lowest BCUT2D eigenvalue weighted by Gasteiger charge is -2.34. The smallest absolute Gasteiger partial charge is 0.0208 e. The molecule has 0 aliphatic carbocycles. The van der Waals surface area contributed by atoms with Gasteiger partial charge in [0.25, 0.3) is 0 Å². The van der Waals surface area contributed by atoms with Crippen LogP contribution in [0.15, 0.2) is 70.5 Å². The number of hydrogen-bond acceptors (Lipinski definition) is 1. The lowest BCUT2D eigenvalue weighted by molar-refractivity contribution is 0.663. The van der Waals surface area contributed by atoms with Crippen LogP contribution in [0.4, 0.5) is 0 Å². The summed E-state index contributed by atoms with van der Waals surface area (Å²) in [7, 11) is -2.91. The highest BCUT2D eigenvalue weighted by Crippen LogP contribution is 2.37. The average molecular weight is 232 g/mol. The van der Waals surface area contributed by atoms with Crippen LogP contribution in [0.1, 0.15) is 0 Å². The molecule has 0 saturated heterocycles. The van der Waals surface area contributed by atoms with E-state index in [1.807, 2.05) is 73.2 Å². The van der Waals surface area contributed by atoms with Gasteiger partial charge in [0.05, 0.1) is 0 Å². The minimum Gasteiger partial charge on any atom is -0.274 e. The highest BCUT2D eigenvalue weighted by molar-refractivity contribution is 8.18. The van der Waals surface area contributed by atoms with E-state index in [4.69, 9.17) is 0 Å². The van der Waals surface area contributed by atoms with Gasteiger partial charge in [0.15, 0.2) is 0 Å². The second-order valence-corrected chi connectivity index (χ2v) is 9.05. The Morgan fingerprint density at radius 1 is 0.688 bits per heavy atom. The Morgan fingerprint density at radius 2 is 1.00 bits per heavy atom. The molecule has 2 aromatic carbocycles. The average Bonchev–Trinajstić information content (AvgIpc) is 2.31. The Morgan fingerprint density at radius 3 is 1.31 bits per heavy atom. The van der Waals surface area contributed by atoms with Gasteiger partial charge in [-0.3, -0.25) is 4.21 Å². The molecule has 0 aliphatic heterocycles. The molecule has 0 heterocycles. The number of hydrogen-bond donors (Lipinski definition) is 0. The number of benzene rings is 2. The minimum atomic E-state index is -2.91. The van der Waals surface area contributed by atoms with Crippen molar-refractivity contribution in [2.75, 3.05) is 12.5 Å². The summed E-state index contributed by atoms with van der Waals surface area (Å²) >= 11 is 0. The molecule has 0 amide bonds. The van der Waals surface area contributed by atoms with Gasteiger partial charge in [0.1, 0.15) is 0 Å². The zero-order valence-electron chi connectivity index (χ0n) is 9.59. The SMILES string of the molecule is CS(C)(=O)(c1ccccc1)c1ccccc1. The molecule has 0 bridgehead atoms. The first-order valence-corrected chi connectivity index (χ1v) is 8.00. The summed E-state index contributed by atoms with van der Waals surface area (Å²) in [5.41, 5.74) is 0. The molecule has 0 unspecified atom stereocenters. The van der Waals surface area contributed by atoms with Crippen molar-refractivity contribution in [1.82, 2.24) is 0 Å². The molecule has 2 aromatic rings. The summed E-state index contributed by atoms with van der Waals surface area (Å²) in [4.78, 5) is 1.79. The molecular weight excluding hydrogens is 216 g/mol. The molecular formula is C14H16OS. The zero-order chi connectivity index (χ0) is 11.7. The fourth-order valence-corrected chi connectivity index (χ4v) is 3.94. The van der Waals surface area contributed by atoms with Gasteiger partial charge in [0.2, 0.25) is 0 Å². The van der Waals surface area contributed by atoms with Gasteiger partial charge in [0, 0.05) is 9.79 Å². The monoisotopic (exact) mass is 232 g/mol. The predicted molar refractivity (Wildman–Crippen MR) is 69.4 cm³/mol. The molecule has 0 fully saturated rings. The summed E-state index contributed by atoms with van der Waals surface area (Å²) in [5.74, 6) is 0. The third kappa shape index (κ3) is 1.81. The van der Waals surface area contributed by atoms with Crippen LogP contribution in [0, 0.1) is 0 Å². The Hall–Kier alpha value is -1.41. The zero-order valence-corrected chi connectivity index (χ0v) is 10.4. The maximum Gasteiger partial charge on any atom is 0.0208 e. The molecule has 0 spiro atoms. The second kappa shape index (κ2) is 3.56. The van der Waals surface area contributed by atoms with Gasteiger partial charge < -0.3 is 0 Å². The first-order chi connectivity index (χ1) is 7.49. The van der Waals surface area contributed by atoms with Gasteiger partial charge in [-0.05, 0) is 36.8 Å². The fourth-order valence-electron chi connectivity index (χ4n) is 1.77. The van der Waals surface area contributed by atoms with Crippen molar-refractivity contribution in [3.05, 3.63) is 60.7 Å². The molecule has 0 aliphatic rings. The molecule has 0 saturated carbocycles. The maximum absolute atomic E-state index is 13.2. The summed E-state index contributed by atoms with van der Waals surface area (Å²) in [6.07, 6.45) is 3.67. The summed E-state index contributed by atoms with van der Waals surface area (Å²) < 4.78 is 13.2. The molecule has 2 rings (SSSR count). The quantitative estimate of drug-likeness (QED) is 0.777. The Kier molecular flexibility index (Phi) is 2.47. The van der Waals surface area contributed by atoms with Gasteiger partial charge in [-0.1, -0.05) is 45.5 Å². The van der Waals surface area contributed by atoms with Crippen LogP contribution in [-0.4, -0.2) is 16.7 Å². The van der Waals surface area contributed by atoms with E-state index in [0.717, 1.165) is 9.79 Å². The Labute approximate surface area is 96.5 Å². The van der Waals surface area contributed by atoms with Crippen molar-refractivity contribution in [3.8, 4) is 0 Å². The van der Waals surface area contributed by atoms with Crippen molar-refractivity contribution in [2.24, 2.45) is 0 Å². The van der Waals surface area contributed by atoms with Gasteiger partial charge in [-0.2, -0.15) is 0 Å². The van der Waals surface area contributed by atoms with Crippen LogP contribution < -0.4 is 0 Å². The van der Waals surface area contributed by atoms with Crippen molar-refractivity contribution in [2.45, 2.75) is 9.79 Å². The van der Waals surface area contributed by atoms with Gasteiger partial charge in [-0.15, -0.1) is 0 Å². The lowest BCUT2D eigenvalue weighted by atomic mass is 10.4. The van der Waals surface area contributed by atoms with Crippen LogP contribution in [0.2, 0.25) is 0 Å².